The van der Waals surface area contributed by atoms with E-state index in [-0.39, 0.29) is 19.4 Å². The van der Waals surface area contributed by atoms with Gasteiger partial charge in [0.05, 0.1) is 12.4 Å². The Balaban J connectivity index is 4.10. The Morgan fingerprint density at radius 1 is 1.62 bits per heavy atom. The molecule has 0 radical (unpaired) electrons. The van der Waals surface area contributed by atoms with E-state index in [0.29, 0.717) is 5.84 Å². The SMILES string of the molecule is CC(N)=NC/C(F)=C/CCC(C)(N)C(=O)O. The van der Waals surface area contributed by atoms with E-state index in [2.05, 4.69) is 4.99 Å². The molecule has 92 valence electrons. The number of hydrogen-bond acceptors (Lipinski definition) is 3. The lowest BCUT2D eigenvalue weighted by molar-refractivity contribution is -0.142. The van der Waals surface area contributed by atoms with Crippen molar-refractivity contribution in [3.63, 3.8) is 0 Å². The standard InChI is InChI=1S/C10H18FN3O2/c1-7(12)14-6-8(11)4-3-5-10(2,13)9(15)16/h4H,3,5-6,13H2,1-2H3,(H2,12,14)(H,15,16)/b8-4-. The molecular weight excluding hydrogens is 213 g/mol. The van der Waals surface area contributed by atoms with Crippen LogP contribution >= 0.6 is 0 Å². The molecule has 0 aromatic carbocycles. The van der Waals surface area contributed by atoms with Gasteiger partial charge < -0.3 is 16.6 Å². The fourth-order valence-corrected chi connectivity index (χ4v) is 0.900. The third-order valence-electron chi connectivity index (χ3n) is 2.00. The van der Waals surface area contributed by atoms with Crippen LogP contribution in [-0.2, 0) is 4.79 Å². The number of amidine groups is 1. The Morgan fingerprint density at radius 2 is 2.19 bits per heavy atom. The number of carbonyl (C=O) groups is 1. The zero-order valence-corrected chi connectivity index (χ0v) is 9.53. The second-order valence-electron chi connectivity index (χ2n) is 3.87. The Bertz CT molecular complexity index is 307. The lowest BCUT2D eigenvalue weighted by Crippen LogP contribution is -2.44. The van der Waals surface area contributed by atoms with E-state index in [0.717, 1.165) is 0 Å². The van der Waals surface area contributed by atoms with Gasteiger partial charge in [-0.15, -0.1) is 0 Å². The molecule has 0 aromatic rings. The normalized spacial score (nSPS) is 17.0. The highest BCUT2D eigenvalue weighted by Gasteiger charge is 2.26. The van der Waals surface area contributed by atoms with Gasteiger partial charge in [0.2, 0.25) is 0 Å². The lowest BCUT2D eigenvalue weighted by atomic mass is 9.97. The topological polar surface area (TPSA) is 102 Å². The molecule has 0 bridgehead atoms. The van der Waals surface area contributed by atoms with Gasteiger partial charge in [0.25, 0.3) is 0 Å². The number of rotatable bonds is 6. The molecule has 0 aliphatic carbocycles. The maximum absolute atomic E-state index is 13.0. The highest BCUT2D eigenvalue weighted by molar-refractivity contribution is 5.78. The summed E-state index contributed by atoms with van der Waals surface area (Å²) >= 11 is 0. The molecule has 0 heterocycles. The first-order chi connectivity index (χ1) is 7.25. The molecule has 1 atom stereocenters. The van der Waals surface area contributed by atoms with E-state index in [1.165, 1.54) is 13.0 Å². The summed E-state index contributed by atoms with van der Waals surface area (Å²) in [5, 5.41) is 8.70. The van der Waals surface area contributed by atoms with Crippen LogP contribution in [0.25, 0.3) is 0 Å². The average Bonchev–Trinajstić information content (AvgIpc) is 2.14. The second-order valence-corrected chi connectivity index (χ2v) is 3.87. The van der Waals surface area contributed by atoms with Crippen molar-refractivity contribution in [1.29, 1.82) is 0 Å². The first-order valence-corrected chi connectivity index (χ1v) is 4.89. The van der Waals surface area contributed by atoms with Gasteiger partial charge in [-0.1, -0.05) is 6.08 Å². The molecule has 0 rings (SSSR count). The Labute approximate surface area is 94.0 Å². The van der Waals surface area contributed by atoms with Gasteiger partial charge in [-0.05, 0) is 26.7 Å². The summed E-state index contributed by atoms with van der Waals surface area (Å²) in [6.07, 6.45) is 1.70. The molecule has 0 amide bonds. The summed E-state index contributed by atoms with van der Waals surface area (Å²) in [7, 11) is 0. The molecule has 1 unspecified atom stereocenters. The monoisotopic (exact) mass is 231 g/mol. The summed E-state index contributed by atoms with van der Waals surface area (Å²) in [6.45, 7) is 2.84. The third-order valence-corrected chi connectivity index (χ3v) is 2.00. The van der Waals surface area contributed by atoms with Crippen molar-refractivity contribution in [2.45, 2.75) is 32.2 Å². The van der Waals surface area contributed by atoms with Crippen molar-refractivity contribution in [3.05, 3.63) is 11.9 Å². The van der Waals surface area contributed by atoms with Crippen molar-refractivity contribution in [1.82, 2.24) is 0 Å². The number of carboxylic acids is 1. The van der Waals surface area contributed by atoms with E-state index >= 15 is 0 Å². The maximum Gasteiger partial charge on any atom is 0.323 e. The van der Waals surface area contributed by atoms with Crippen molar-refractivity contribution in [2.24, 2.45) is 16.5 Å². The quantitative estimate of drug-likeness (QED) is 0.464. The molecule has 0 aliphatic heterocycles. The van der Waals surface area contributed by atoms with Crippen LogP contribution in [0.15, 0.2) is 16.9 Å². The molecule has 5 nitrogen and oxygen atoms in total. The van der Waals surface area contributed by atoms with Crippen LogP contribution in [0.5, 0.6) is 0 Å². The highest BCUT2D eigenvalue weighted by Crippen LogP contribution is 2.11. The minimum atomic E-state index is -1.33. The van der Waals surface area contributed by atoms with Crippen LogP contribution in [0.2, 0.25) is 0 Å². The minimum Gasteiger partial charge on any atom is -0.480 e. The highest BCUT2D eigenvalue weighted by atomic mass is 19.1. The van der Waals surface area contributed by atoms with E-state index in [9.17, 15) is 9.18 Å². The molecule has 0 saturated heterocycles. The van der Waals surface area contributed by atoms with Gasteiger partial charge in [-0.3, -0.25) is 9.79 Å². The Kier molecular flexibility index (Phi) is 5.66. The lowest BCUT2D eigenvalue weighted by Gasteiger charge is -2.17. The van der Waals surface area contributed by atoms with Crippen LogP contribution < -0.4 is 11.5 Å². The zero-order chi connectivity index (χ0) is 12.8. The molecule has 0 spiro atoms. The summed E-state index contributed by atoms with van der Waals surface area (Å²) in [4.78, 5) is 14.3. The first-order valence-electron chi connectivity index (χ1n) is 4.89. The number of carboxylic acid groups (broad SMARTS) is 1. The van der Waals surface area contributed by atoms with Gasteiger partial charge >= 0.3 is 5.97 Å². The molecule has 0 aromatic heterocycles. The maximum atomic E-state index is 13.0. The first kappa shape index (κ1) is 14.6. The fourth-order valence-electron chi connectivity index (χ4n) is 0.900. The van der Waals surface area contributed by atoms with Gasteiger partial charge in [-0.25, -0.2) is 4.39 Å². The van der Waals surface area contributed by atoms with E-state index < -0.39 is 17.3 Å². The summed E-state index contributed by atoms with van der Waals surface area (Å²) in [5.41, 5.74) is 9.38. The van der Waals surface area contributed by atoms with Crippen LogP contribution in [0.1, 0.15) is 26.7 Å². The second kappa shape index (κ2) is 6.22. The minimum absolute atomic E-state index is 0.114. The fraction of sp³-hybridized carbons (Fsp3) is 0.600. The molecular formula is C10H18FN3O2. The predicted octanol–water partition coefficient (Wildman–Crippen LogP) is 0.799. The summed E-state index contributed by atoms with van der Waals surface area (Å²) < 4.78 is 13.0. The van der Waals surface area contributed by atoms with E-state index in [4.69, 9.17) is 16.6 Å². The van der Waals surface area contributed by atoms with Gasteiger partial charge in [0.1, 0.15) is 11.4 Å². The summed E-state index contributed by atoms with van der Waals surface area (Å²) in [6, 6.07) is 0. The predicted molar refractivity (Wildman–Crippen MR) is 60.8 cm³/mol. The number of allylic oxidation sites excluding steroid dienone is 1. The molecule has 5 N–H and O–H groups in total. The van der Waals surface area contributed by atoms with Crippen molar-refractivity contribution in [3.8, 4) is 0 Å². The number of aliphatic carboxylic acids is 1. The van der Waals surface area contributed by atoms with Crippen molar-refractivity contribution < 1.29 is 14.3 Å². The van der Waals surface area contributed by atoms with Crippen molar-refractivity contribution >= 4 is 11.8 Å². The number of nitrogens with zero attached hydrogens (tertiary/aromatic N) is 1. The Morgan fingerprint density at radius 3 is 2.62 bits per heavy atom. The molecule has 0 saturated carbocycles. The average molecular weight is 231 g/mol. The van der Waals surface area contributed by atoms with Crippen LogP contribution in [0.4, 0.5) is 4.39 Å². The van der Waals surface area contributed by atoms with Gasteiger partial charge in [-0.2, -0.15) is 0 Å². The van der Waals surface area contributed by atoms with Gasteiger partial charge in [0.15, 0.2) is 0 Å². The van der Waals surface area contributed by atoms with Crippen LogP contribution in [0, 0.1) is 0 Å². The number of hydrogen-bond donors (Lipinski definition) is 3. The third kappa shape index (κ3) is 6.13. The smallest absolute Gasteiger partial charge is 0.323 e. The van der Waals surface area contributed by atoms with Crippen LogP contribution in [-0.4, -0.2) is 29.0 Å². The molecule has 0 fully saturated rings. The largest absolute Gasteiger partial charge is 0.480 e. The van der Waals surface area contributed by atoms with Crippen LogP contribution in [0.3, 0.4) is 0 Å². The van der Waals surface area contributed by atoms with Crippen molar-refractivity contribution in [2.75, 3.05) is 6.54 Å². The Hall–Kier alpha value is -1.43. The number of aliphatic imine (C=N–C) groups is 1. The molecule has 16 heavy (non-hydrogen) atoms. The number of nitrogens with two attached hydrogens (primary N) is 2. The summed E-state index contributed by atoms with van der Waals surface area (Å²) in [5.74, 6) is -1.24. The van der Waals surface area contributed by atoms with E-state index in [1.807, 2.05) is 0 Å². The molecule has 0 aliphatic rings. The number of halogens is 1. The van der Waals surface area contributed by atoms with Gasteiger partial charge in [0, 0.05) is 0 Å². The molecule has 6 heteroatoms. The van der Waals surface area contributed by atoms with E-state index in [1.54, 1.807) is 6.92 Å². The zero-order valence-electron chi connectivity index (χ0n) is 9.53.